The molecule has 1 fully saturated rings. The van der Waals surface area contributed by atoms with Crippen LogP contribution in [-0.4, -0.2) is 24.0 Å². The van der Waals surface area contributed by atoms with E-state index in [1.807, 2.05) is 12.3 Å². The van der Waals surface area contributed by atoms with E-state index in [-0.39, 0.29) is 16.8 Å². The van der Waals surface area contributed by atoms with Gasteiger partial charge in [-0.2, -0.15) is 0 Å². The van der Waals surface area contributed by atoms with Gasteiger partial charge in [-0.3, -0.25) is 4.79 Å². The monoisotopic (exact) mass is 403 g/mol. The van der Waals surface area contributed by atoms with Crippen LogP contribution in [0.2, 0.25) is 5.02 Å². The number of aromatic nitrogens is 1. The molecule has 0 saturated carbocycles. The molecule has 1 saturated heterocycles. The van der Waals surface area contributed by atoms with Crippen molar-refractivity contribution in [2.45, 2.75) is 19.4 Å². The number of amides is 1. The Morgan fingerprint density at radius 2 is 2.26 bits per heavy atom. The zero-order valence-corrected chi connectivity index (χ0v) is 16.2. The molecule has 0 aliphatic carbocycles. The quantitative estimate of drug-likeness (QED) is 0.691. The first-order valence-electron chi connectivity index (χ1n) is 8.90. The zero-order chi connectivity index (χ0) is 18.8. The highest BCUT2D eigenvalue weighted by Gasteiger charge is 2.27. The fourth-order valence-electron chi connectivity index (χ4n) is 3.50. The lowest BCUT2D eigenvalue weighted by Gasteiger charge is -2.33. The van der Waals surface area contributed by atoms with E-state index >= 15 is 0 Å². The van der Waals surface area contributed by atoms with E-state index in [0.29, 0.717) is 13.1 Å². The molecule has 0 unspecified atom stereocenters. The fraction of sp³-hybridized carbons (Fsp3) is 0.300. The molecule has 0 bridgehead atoms. The molecule has 1 N–H and O–H groups in total. The molecule has 1 aliphatic heterocycles. The second kappa shape index (κ2) is 7.82. The number of hydrogen-bond donors (Lipinski definition) is 1. The minimum atomic E-state index is -0.454. The molecule has 1 atom stereocenters. The Hall–Kier alpha value is -2.18. The number of nitrogens with zero attached hydrogens (tertiary/aromatic N) is 2. The van der Waals surface area contributed by atoms with E-state index in [4.69, 9.17) is 11.6 Å². The maximum atomic E-state index is 13.3. The van der Waals surface area contributed by atoms with Crippen molar-refractivity contribution in [2.75, 3.05) is 18.0 Å². The number of rotatable bonds is 4. The second-order valence-electron chi connectivity index (χ2n) is 6.72. The summed E-state index contributed by atoms with van der Waals surface area (Å²) in [6, 6.07) is 8.61. The van der Waals surface area contributed by atoms with Crippen LogP contribution in [0.1, 0.15) is 18.4 Å². The van der Waals surface area contributed by atoms with Gasteiger partial charge in [-0.05, 0) is 48.1 Å². The Morgan fingerprint density at radius 3 is 3.11 bits per heavy atom. The van der Waals surface area contributed by atoms with E-state index in [1.165, 1.54) is 10.8 Å². The molecule has 0 spiro atoms. The predicted molar refractivity (Wildman–Crippen MR) is 108 cm³/mol. The molecule has 27 heavy (non-hydrogen) atoms. The molecule has 4 rings (SSSR count). The molecule has 2 aromatic heterocycles. The molecule has 4 nitrogen and oxygen atoms in total. The number of hydrogen-bond acceptors (Lipinski definition) is 4. The third kappa shape index (κ3) is 3.92. The van der Waals surface area contributed by atoms with Crippen LogP contribution in [-0.2, 0) is 11.3 Å². The number of fused-ring (bicyclic) bond motifs is 1. The van der Waals surface area contributed by atoms with Crippen molar-refractivity contribution in [1.82, 2.24) is 10.3 Å². The molecule has 1 aromatic carbocycles. The average Bonchev–Trinajstić information content (AvgIpc) is 3.17. The molecule has 7 heteroatoms. The topological polar surface area (TPSA) is 45.2 Å². The summed E-state index contributed by atoms with van der Waals surface area (Å²) in [5.41, 5.74) is 0.784. The van der Waals surface area contributed by atoms with Crippen LogP contribution in [0.4, 0.5) is 10.2 Å². The van der Waals surface area contributed by atoms with Crippen LogP contribution in [0.5, 0.6) is 0 Å². The van der Waals surface area contributed by atoms with Gasteiger partial charge in [0.05, 0.1) is 10.9 Å². The van der Waals surface area contributed by atoms with E-state index in [1.54, 1.807) is 23.5 Å². The van der Waals surface area contributed by atoms with Gasteiger partial charge in [0.25, 0.3) is 0 Å². The number of halogens is 2. The second-order valence-corrected chi connectivity index (χ2v) is 8.07. The lowest BCUT2D eigenvalue weighted by atomic mass is 9.96. The molecular formula is C20H19ClFN3OS. The number of piperidine rings is 1. The van der Waals surface area contributed by atoms with Crippen molar-refractivity contribution in [3.8, 4) is 0 Å². The normalized spacial score (nSPS) is 17.3. The van der Waals surface area contributed by atoms with Gasteiger partial charge in [0.15, 0.2) is 0 Å². The first kappa shape index (κ1) is 18.2. The Bertz CT molecular complexity index is 977. The van der Waals surface area contributed by atoms with Gasteiger partial charge in [0.1, 0.15) is 11.6 Å². The largest absolute Gasteiger partial charge is 0.355 e. The molecule has 140 valence electrons. The summed E-state index contributed by atoms with van der Waals surface area (Å²) >= 11 is 7.50. The Labute approximate surface area is 166 Å². The minimum absolute atomic E-state index is 0.0117. The highest BCUT2D eigenvalue weighted by atomic mass is 35.5. The number of pyridine rings is 1. The van der Waals surface area contributed by atoms with Crippen molar-refractivity contribution in [3.05, 3.63) is 58.3 Å². The van der Waals surface area contributed by atoms with Crippen molar-refractivity contribution in [3.63, 3.8) is 0 Å². The number of carbonyl (C=O) groups is 1. The van der Waals surface area contributed by atoms with Crippen LogP contribution < -0.4 is 10.2 Å². The number of carbonyl (C=O) groups excluding carboxylic acids is 1. The van der Waals surface area contributed by atoms with Crippen molar-refractivity contribution in [2.24, 2.45) is 5.92 Å². The molecule has 3 heterocycles. The standard InChI is InChI=1S/C20H19ClFN3OS/c21-16-10-13(3-4-17(16)22)11-24-20(26)14-2-1-8-25(12-14)19-15-6-9-27-18(15)5-7-23-19/h3-7,9-10,14H,1-2,8,11-12H2,(H,24,26)/t14-/m0/s1. The van der Waals surface area contributed by atoms with Gasteiger partial charge in [0, 0.05) is 35.9 Å². The molecule has 3 aromatic rings. The van der Waals surface area contributed by atoms with Gasteiger partial charge < -0.3 is 10.2 Å². The maximum absolute atomic E-state index is 13.3. The molecule has 1 aliphatic rings. The molecule has 1 amide bonds. The van der Waals surface area contributed by atoms with E-state index in [0.717, 1.165) is 36.2 Å². The fourth-order valence-corrected chi connectivity index (χ4v) is 4.48. The number of anilines is 1. The van der Waals surface area contributed by atoms with E-state index in [9.17, 15) is 9.18 Å². The Balaban J connectivity index is 1.42. The maximum Gasteiger partial charge on any atom is 0.225 e. The van der Waals surface area contributed by atoms with Crippen molar-refractivity contribution >= 4 is 44.7 Å². The van der Waals surface area contributed by atoms with Gasteiger partial charge >= 0.3 is 0 Å². The van der Waals surface area contributed by atoms with Crippen molar-refractivity contribution in [1.29, 1.82) is 0 Å². The lowest BCUT2D eigenvalue weighted by Crippen LogP contribution is -2.43. The number of thiophene rings is 1. The zero-order valence-electron chi connectivity index (χ0n) is 14.6. The minimum Gasteiger partial charge on any atom is -0.355 e. The molecular weight excluding hydrogens is 385 g/mol. The first-order chi connectivity index (χ1) is 13.1. The third-order valence-corrected chi connectivity index (χ3v) is 6.07. The highest BCUT2D eigenvalue weighted by Crippen LogP contribution is 2.31. The summed E-state index contributed by atoms with van der Waals surface area (Å²) < 4.78 is 14.5. The number of nitrogens with one attached hydrogen (secondary N) is 1. The summed E-state index contributed by atoms with van der Waals surface area (Å²) in [7, 11) is 0. The highest BCUT2D eigenvalue weighted by molar-refractivity contribution is 7.17. The van der Waals surface area contributed by atoms with Gasteiger partial charge in [-0.25, -0.2) is 9.37 Å². The lowest BCUT2D eigenvalue weighted by molar-refractivity contribution is -0.125. The Morgan fingerprint density at radius 1 is 1.37 bits per heavy atom. The van der Waals surface area contributed by atoms with E-state index < -0.39 is 5.82 Å². The van der Waals surface area contributed by atoms with Crippen LogP contribution in [0.15, 0.2) is 41.9 Å². The predicted octanol–water partition coefficient (Wildman–Crippen LogP) is 4.62. The first-order valence-corrected chi connectivity index (χ1v) is 10.2. The van der Waals surface area contributed by atoms with Gasteiger partial charge in [-0.15, -0.1) is 11.3 Å². The van der Waals surface area contributed by atoms with Gasteiger partial charge in [0.2, 0.25) is 5.91 Å². The smallest absolute Gasteiger partial charge is 0.225 e. The number of benzene rings is 1. The summed E-state index contributed by atoms with van der Waals surface area (Å²) in [6.07, 6.45) is 3.63. The average molecular weight is 404 g/mol. The SMILES string of the molecule is O=C(NCc1ccc(F)c(Cl)c1)[C@H]1CCCN(c2nccc3sccc23)C1. The Kier molecular flexibility index (Phi) is 5.27. The van der Waals surface area contributed by atoms with Crippen molar-refractivity contribution < 1.29 is 9.18 Å². The third-order valence-electron chi connectivity index (χ3n) is 4.90. The van der Waals surface area contributed by atoms with Crippen LogP contribution in [0, 0.1) is 11.7 Å². The van der Waals surface area contributed by atoms with Crippen LogP contribution in [0.25, 0.3) is 10.1 Å². The van der Waals surface area contributed by atoms with E-state index in [2.05, 4.69) is 26.6 Å². The summed E-state index contributed by atoms with van der Waals surface area (Å²) in [5, 5.41) is 6.23. The molecule has 0 radical (unpaired) electrons. The van der Waals surface area contributed by atoms with Crippen LogP contribution in [0.3, 0.4) is 0 Å². The summed E-state index contributed by atoms with van der Waals surface area (Å²) in [5.74, 6) is 0.421. The van der Waals surface area contributed by atoms with Crippen LogP contribution >= 0.6 is 22.9 Å². The van der Waals surface area contributed by atoms with Gasteiger partial charge in [-0.1, -0.05) is 17.7 Å². The summed E-state index contributed by atoms with van der Waals surface area (Å²) in [6.45, 7) is 1.89. The summed E-state index contributed by atoms with van der Waals surface area (Å²) in [4.78, 5) is 19.4.